The number of hydrogen-bond donors (Lipinski definition) is 1. The van der Waals surface area contributed by atoms with E-state index >= 15 is 0 Å². The maximum absolute atomic E-state index is 14.6. The number of piperidine rings is 1. The van der Waals surface area contributed by atoms with Crippen LogP contribution in [0, 0.1) is 0 Å². The smallest absolute Gasteiger partial charge is 0.329 e. The molecular formula is C21H29F2N5O3. The maximum atomic E-state index is 14.6. The number of nitrogens with zero attached hydrogens (tertiary/aromatic N) is 4. The van der Waals surface area contributed by atoms with Crippen molar-refractivity contribution in [2.75, 3.05) is 32.1 Å². The molecule has 1 saturated heterocycles. The molecule has 0 spiro atoms. The lowest BCUT2D eigenvalue weighted by Crippen LogP contribution is -2.56. The van der Waals surface area contributed by atoms with Gasteiger partial charge in [0.1, 0.15) is 0 Å². The van der Waals surface area contributed by atoms with Gasteiger partial charge in [0.25, 0.3) is 5.92 Å². The van der Waals surface area contributed by atoms with Gasteiger partial charge in [0.05, 0.1) is 23.6 Å². The summed E-state index contributed by atoms with van der Waals surface area (Å²) in [5.74, 6) is -3.25. The number of rotatable bonds is 7. The number of alkyl halides is 2. The van der Waals surface area contributed by atoms with Crippen LogP contribution >= 0.6 is 0 Å². The minimum absolute atomic E-state index is 0.108. The van der Waals surface area contributed by atoms with Crippen molar-refractivity contribution < 1.29 is 18.4 Å². The topological polar surface area (TPSA) is 79.6 Å². The zero-order chi connectivity index (χ0) is 22.9. The molecule has 2 amide bonds. The number of carbonyl (C=O) groups is 2. The van der Waals surface area contributed by atoms with Crippen LogP contribution in [0.15, 0.2) is 23.0 Å². The standard InChI is InChI=1S/C21H29F2N5O3/c1-14(5-8-19(30)24-13-29)28-16-7-6-15(11-17(16)26(4)20(28)31)27-10-9-18(25(2)3)21(22,23)12-27/h6-7,11,13-14,18H,5,8-10,12H2,1-4H3,(H,24,29,30). The van der Waals surface area contributed by atoms with E-state index in [0.29, 0.717) is 42.5 Å². The van der Waals surface area contributed by atoms with Gasteiger partial charge >= 0.3 is 5.69 Å². The summed E-state index contributed by atoms with van der Waals surface area (Å²) in [4.78, 5) is 38.0. The predicted octanol–water partition coefficient (Wildman–Crippen LogP) is 1.73. The van der Waals surface area contributed by atoms with Crippen molar-refractivity contribution in [3.8, 4) is 0 Å². The number of aromatic nitrogens is 2. The van der Waals surface area contributed by atoms with Gasteiger partial charge in [0.15, 0.2) is 0 Å². The van der Waals surface area contributed by atoms with Crippen molar-refractivity contribution in [1.29, 1.82) is 0 Å². The number of nitrogens with one attached hydrogen (secondary N) is 1. The number of benzene rings is 1. The van der Waals surface area contributed by atoms with E-state index in [0.717, 1.165) is 0 Å². The molecule has 0 radical (unpaired) electrons. The summed E-state index contributed by atoms with van der Waals surface area (Å²) in [7, 11) is 4.98. The Bertz CT molecular complexity index is 1030. The first-order chi connectivity index (χ1) is 14.6. The third kappa shape index (κ3) is 4.48. The van der Waals surface area contributed by atoms with Crippen LogP contribution in [0.25, 0.3) is 11.0 Å². The molecule has 8 nitrogen and oxygen atoms in total. The molecule has 1 aliphatic heterocycles. The molecule has 31 heavy (non-hydrogen) atoms. The average molecular weight is 437 g/mol. The van der Waals surface area contributed by atoms with E-state index in [4.69, 9.17) is 0 Å². The first kappa shape index (κ1) is 22.9. The van der Waals surface area contributed by atoms with Crippen LogP contribution in [-0.2, 0) is 16.6 Å². The number of fused-ring (bicyclic) bond motifs is 1. The molecule has 2 heterocycles. The summed E-state index contributed by atoms with van der Waals surface area (Å²) in [5.41, 5.74) is 1.72. The van der Waals surface area contributed by atoms with Gasteiger partial charge in [-0.1, -0.05) is 0 Å². The van der Waals surface area contributed by atoms with E-state index in [1.807, 2.05) is 6.92 Å². The van der Waals surface area contributed by atoms with Gasteiger partial charge in [-0.2, -0.15) is 0 Å². The van der Waals surface area contributed by atoms with Crippen LogP contribution in [0.5, 0.6) is 0 Å². The molecule has 0 aliphatic carbocycles. The molecule has 3 rings (SSSR count). The second-order valence-electron chi connectivity index (χ2n) is 8.41. The molecule has 1 aromatic heterocycles. The predicted molar refractivity (Wildman–Crippen MR) is 115 cm³/mol. The number of halogens is 2. The van der Waals surface area contributed by atoms with E-state index < -0.39 is 17.9 Å². The summed E-state index contributed by atoms with van der Waals surface area (Å²) in [6, 6.07) is 4.22. The highest BCUT2D eigenvalue weighted by Gasteiger charge is 2.45. The highest BCUT2D eigenvalue weighted by molar-refractivity contribution is 5.85. The molecule has 1 aliphatic rings. The SMILES string of the molecule is CC(CCC(=O)NC=O)n1c(=O)n(C)c2cc(N3CCC(N(C)C)C(F)(F)C3)ccc21. The van der Waals surface area contributed by atoms with Crippen molar-refractivity contribution in [2.45, 2.75) is 44.2 Å². The molecule has 0 bridgehead atoms. The highest BCUT2D eigenvalue weighted by atomic mass is 19.3. The molecular weight excluding hydrogens is 408 g/mol. The lowest BCUT2D eigenvalue weighted by Gasteiger charge is -2.42. The van der Waals surface area contributed by atoms with E-state index in [1.165, 1.54) is 4.57 Å². The van der Waals surface area contributed by atoms with Crippen molar-refractivity contribution in [2.24, 2.45) is 7.05 Å². The molecule has 0 saturated carbocycles. The largest absolute Gasteiger partial charge is 0.365 e. The molecule has 170 valence electrons. The first-order valence-corrected chi connectivity index (χ1v) is 10.3. The van der Waals surface area contributed by atoms with Crippen LogP contribution in [0.4, 0.5) is 14.5 Å². The van der Waals surface area contributed by atoms with Gasteiger partial charge in [-0.3, -0.25) is 24.0 Å². The summed E-state index contributed by atoms with van der Waals surface area (Å²) in [6.07, 6.45) is 1.17. The summed E-state index contributed by atoms with van der Waals surface area (Å²) < 4.78 is 32.3. The summed E-state index contributed by atoms with van der Waals surface area (Å²) in [5, 5.41) is 2.09. The number of amides is 2. The Labute approximate surface area is 179 Å². The summed E-state index contributed by atoms with van der Waals surface area (Å²) in [6.45, 7) is 1.95. The van der Waals surface area contributed by atoms with Gasteiger partial charge in [-0.15, -0.1) is 0 Å². The quantitative estimate of drug-likeness (QED) is 0.668. The van der Waals surface area contributed by atoms with E-state index in [-0.39, 0.29) is 24.7 Å². The third-order valence-corrected chi connectivity index (χ3v) is 6.07. The molecule has 2 aromatic rings. The van der Waals surface area contributed by atoms with Gasteiger partial charge in [0, 0.05) is 31.7 Å². The Balaban J connectivity index is 1.87. The fourth-order valence-corrected chi connectivity index (χ4v) is 4.37. The minimum Gasteiger partial charge on any atom is -0.365 e. The van der Waals surface area contributed by atoms with Crippen LogP contribution in [0.2, 0.25) is 0 Å². The van der Waals surface area contributed by atoms with Crippen molar-refractivity contribution in [3.05, 3.63) is 28.7 Å². The maximum Gasteiger partial charge on any atom is 0.329 e. The number of carbonyl (C=O) groups excluding carboxylic acids is 2. The number of imidazole rings is 1. The first-order valence-electron chi connectivity index (χ1n) is 10.3. The van der Waals surface area contributed by atoms with Gasteiger partial charge in [-0.25, -0.2) is 13.6 Å². The normalized spacial score (nSPS) is 19.6. The lowest BCUT2D eigenvalue weighted by atomic mass is 9.99. The Morgan fingerprint density at radius 3 is 2.68 bits per heavy atom. The van der Waals surface area contributed by atoms with Crippen LogP contribution in [-0.4, -0.2) is 65.5 Å². The van der Waals surface area contributed by atoms with Crippen LogP contribution in [0.3, 0.4) is 0 Å². The number of anilines is 1. The van der Waals surface area contributed by atoms with Gasteiger partial charge < -0.3 is 9.80 Å². The number of hydrogen-bond acceptors (Lipinski definition) is 5. The van der Waals surface area contributed by atoms with Crippen molar-refractivity contribution >= 4 is 29.0 Å². The van der Waals surface area contributed by atoms with Crippen LogP contribution < -0.4 is 15.9 Å². The highest BCUT2D eigenvalue weighted by Crippen LogP contribution is 2.34. The molecule has 10 heteroatoms. The second-order valence-corrected chi connectivity index (χ2v) is 8.41. The molecule has 2 unspecified atom stereocenters. The van der Waals surface area contributed by atoms with E-state index in [9.17, 15) is 23.2 Å². The van der Waals surface area contributed by atoms with Gasteiger partial charge in [0.2, 0.25) is 12.3 Å². The fourth-order valence-electron chi connectivity index (χ4n) is 4.37. The van der Waals surface area contributed by atoms with Crippen LogP contribution in [0.1, 0.15) is 32.2 Å². The zero-order valence-corrected chi connectivity index (χ0v) is 18.3. The van der Waals surface area contributed by atoms with Crippen molar-refractivity contribution in [3.63, 3.8) is 0 Å². The van der Waals surface area contributed by atoms with E-state index in [1.54, 1.807) is 53.7 Å². The molecule has 1 N–H and O–H groups in total. The Morgan fingerprint density at radius 2 is 2.06 bits per heavy atom. The second kappa shape index (κ2) is 8.78. The molecule has 2 atom stereocenters. The molecule has 1 fully saturated rings. The Kier molecular flexibility index (Phi) is 6.49. The number of aryl methyl sites for hydroxylation is 1. The minimum atomic E-state index is -2.84. The van der Waals surface area contributed by atoms with E-state index in [2.05, 4.69) is 5.32 Å². The number of imide groups is 1. The monoisotopic (exact) mass is 437 g/mol. The van der Waals surface area contributed by atoms with Crippen molar-refractivity contribution in [1.82, 2.24) is 19.4 Å². The zero-order valence-electron chi connectivity index (χ0n) is 18.3. The Morgan fingerprint density at radius 1 is 1.35 bits per heavy atom. The molecule has 1 aromatic carbocycles. The third-order valence-electron chi connectivity index (χ3n) is 6.07. The summed E-state index contributed by atoms with van der Waals surface area (Å²) >= 11 is 0. The van der Waals surface area contributed by atoms with Gasteiger partial charge in [-0.05, 0) is 52.1 Å². The Hall–Kier alpha value is -2.75. The lowest BCUT2D eigenvalue weighted by molar-refractivity contribution is -0.125. The average Bonchev–Trinajstić information content (AvgIpc) is 2.95. The fraction of sp³-hybridized carbons (Fsp3) is 0.571.